The number of rotatable bonds is 11. The van der Waals surface area contributed by atoms with Crippen LogP contribution in [0, 0.1) is 23.7 Å². The zero-order valence-electron chi connectivity index (χ0n) is 20.4. The maximum Gasteiger partial charge on any atom is 0.253 e. The van der Waals surface area contributed by atoms with E-state index < -0.39 is 0 Å². The number of amides is 4. The summed E-state index contributed by atoms with van der Waals surface area (Å²) in [6.45, 7) is 7.47. The molecule has 0 aromatic carbocycles. The van der Waals surface area contributed by atoms with Gasteiger partial charge in [-0.2, -0.15) is 0 Å². The molecule has 1 N–H and O–H groups in total. The van der Waals surface area contributed by atoms with Crippen molar-refractivity contribution in [3.63, 3.8) is 0 Å². The van der Waals surface area contributed by atoms with E-state index in [0.717, 1.165) is 64.5 Å². The summed E-state index contributed by atoms with van der Waals surface area (Å²) < 4.78 is 0. The molecule has 0 aromatic heterocycles. The summed E-state index contributed by atoms with van der Waals surface area (Å²) in [6.07, 6.45) is 11.7. The fraction of sp³-hybridized carbons (Fsp3) is 0.769. The van der Waals surface area contributed by atoms with Crippen LogP contribution in [0.2, 0.25) is 0 Å². The molecule has 2 heterocycles. The number of carbonyl (C=O) groups excluding carboxylic acids is 4. The van der Waals surface area contributed by atoms with Gasteiger partial charge in [0.15, 0.2) is 0 Å². The molecule has 0 bridgehead atoms. The molecule has 7 nitrogen and oxygen atoms in total. The minimum Gasteiger partial charge on any atom is -0.356 e. The van der Waals surface area contributed by atoms with Crippen LogP contribution >= 0.6 is 0 Å². The largest absolute Gasteiger partial charge is 0.356 e. The third-order valence-electron chi connectivity index (χ3n) is 7.95. The van der Waals surface area contributed by atoms with Crippen molar-refractivity contribution in [2.24, 2.45) is 23.7 Å². The summed E-state index contributed by atoms with van der Waals surface area (Å²) in [5.74, 6) is 1.62. The minimum atomic E-state index is -0.225. The van der Waals surface area contributed by atoms with Gasteiger partial charge < -0.3 is 10.2 Å². The van der Waals surface area contributed by atoms with Crippen LogP contribution in [0.3, 0.4) is 0 Å². The van der Waals surface area contributed by atoms with Gasteiger partial charge in [0.1, 0.15) is 0 Å². The molecule has 7 heteroatoms. The third kappa shape index (κ3) is 7.15. The molecule has 2 aliphatic heterocycles. The quantitative estimate of drug-likeness (QED) is 0.379. The topological polar surface area (TPSA) is 86.8 Å². The van der Waals surface area contributed by atoms with Crippen LogP contribution in [0.4, 0.5) is 0 Å². The van der Waals surface area contributed by atoms with Gasteiger partial charge in [0.25, 0.3) is 11.8 Å². The van der Waals surface area contributed by atoms with Gasteiger partial charge in [-0.3, -0.25) is 24.1 Å². The lowest BCUT2D eigenvalue weighted by Crippen LogP contribution is -2.38. The lowest BCUT2D eigenvalue weighted by molar-refractivity contribution is -0.138. The average molecular weight is 460 g/mol. The van der Waals surface area contributed by atoms with E-state index in [9.17, 15) is 19.2 Å². The highest BCUT2D eigenvalue weighted by atomic mass is 16.2. The molecular formula is C26H41N3O4. The van der Waals surface area contributed by atoms with Crippen LogP contribution in [0.15, 0.2) is 12.2 Å². The first-order valence-corrected chi connectivity index (χ1v) is 13.0. The number of nitrogens with one attached hydrogen (secondary N) is 1. The van der Waals surface area contributed by atoms with Gasteiger partial charge in [0.05, 0.1) is 0 Å². The highest BCUT2D eigenvalue weighted by Crippen LogP contribution is 2.30. The number of hydrogen-bond acceptors (Lipinski definition) is 4. The van der Waals surface area contributed by atoms with E-state index in [2.05, 4.69) is 19.2 Å². The smallest absolute Gasteiger partial charge is 0.253 e. The monoisotopic (exact) mass is 459 g/mol. The summed E-state index contributed by atoms with van der Waals surface area (Å²) in [5.41, 5.74) is 0. The highest BCUT2D eigenvalue weighted by molar-refractivity contribution is 6.12. The molecular weight excluding hydrogens is 418 g/mol. The van der Waals surface area contributed by atoms with Gasteiger partial charge in [-0.25, -0.2) is 0 Å². The van der Waals surface area contributed by atoms with Crippen molar-refractivity contribution in [3.8, 4) is 0 Å². The van der Waals surface area contributed by atoms with E-state index in [1.807, 2.05) is 4.90 Å². The molecule has 3 rings (SSSR count). The van der Waals surface area contributed by atoms with Crippen LogP contribution in [0.25, 0.3) is 0 Å². The van der Waals surface area contributed by atoms with Crippen molar-refractivity contribution in [2.45, 2.75) is 78.1 Å². The molecule has 2 atom stereocenters. The zero-order valence-corrected chi connectivity index (χ0v) is 20.4. The standard InChI is InChI=1S/C26H41N3O4/c1-3-19(2)22-14-16-28(18-22)23(30)7-5-4-6-15-27-26(33)21-10-8-20(9-11-21)17-29-24(31)12-13-25(29)32/h12-13,19-22H,3-11,14-18H2,1-2H3,(H,27,33)/t19?,20?,21?,22-/m1/s1. The normalized spacial score (nSPS) is 26.2. The Hall–Kier alpha value is -2.18. The number of hydrogen-bond donors (Lipinski definition) is 1. The minimum absolute atomic E-state index is 0.0274. The molecule has 184 valence electrons. The summed E-state index contributed by atoms with van der Waals surface area (Å²) in [5, 5.41) is 3.06. The highest BCUT2D eigenvalue weighted by Gasteiger charge is 2.31. The van der Waals surface area contributed by atoms with E-state index in [1.165, 1.54) is 23.5 Å². The first-order valence-electron chi connectivity index (χ1n) is 13.0. The van der Waals surface area contributed by atoms with Crippen LogP contribution in [-0.4, -0.2) is 59.6 Å². The molecule has 4 amide bonds. The van der Waals surface area contributed by atoms with Gasteiger partial charge >= 0.3 is 0 Å². The second-order valence-electron chi connectivity index (χ2n) is 10.2. The molecule has 0 aromatic rings. The molecule has 1 aliphatic carbocycles. The van der Waals surface area contributed by atoms with Gasteiger partial charge in [-0.05, 0) is 62.7 Å². The van der Waals surface area contributed by atoms with Crippen LogP contribution in [-0.2, 0) is 19.2 Å². The Labute approximate surface area is 198 Å². The van der Waals surface area contributed by atoms with Crippen molar-refractivity contribution in [1.29, 1.82) is 0 Å². The van der Waals surface area contributed by atoms with Crippen molar-refractivity contribution in [2.75, 3.05) is 26.2 Å². The first kappa shape index (κ1) is 25.4. The number of likely N-dealkylation sites (tertiary alicyclic amines) is 1. The number of imide groups is 1. The second kappa shape index (κ2) is 12.3. The molecule has 33 heavy (non-hydrogen) atoms. The average Bonchev–Trinajstić information content (AvgIpc) is 3.44. The van der Waals surface area contributed by atoms with Crippen molar-refractivity contribution in [1.82, 2.24) is 15.1 Å². The van der Waals surface area contributed by atoms with Crippen LogP contribution < -0.4 is 5.32 Å². The van der Waals surface area contributed by atoms with Gasteiger partial charge in [0.2, 0.25) is 11.8 Å². The lowest BCUT2D eigenvalue weighted by atomic mass is 9.81. The second-order valence-corrected chi connectivity index (χ2v) is 10.2. The third-order valence-corrected chi connectivity index (χ3v) is 7.95. The van der Waals surface area contributed by atoms with E-state index >= 15 is 0 Å². The molecule has 0 spiro atoms. The molecule has 0 radical (unpaired) electrons. The summed E-state index contributed by atoms with van der Waals surface area (Å²) in [4.78, 5) is 51.7. The number of carbonyl (C=O) groups is 4. The Balaban J connectivity index is 1.22. The van der Waals surface area contributed by atoms with E-state index in [1.54, 1.807) is 0 Å². The fourth-order valence-electron chi connectivity index (χ4n) is 5.38. The van der Waals surface area contributed by atoms with Crippen LogP contribution in [0.1, 0.15) is 78.1 Å². The fourth-order valence-corrected chi connectivity index (χ4v) is 5.38. The Kier molecular flexibility index (Phi) is 9.51. The number of nitrogens with zero attached hydrogens (tertiary/aromatic N) is 2. The molecule has 1 saturated heterocycles. The Morgan fingerprint density at radius 1 is 1.03 bits per heavy atom. The van der Waals surface area contributed by atoms with Crippen molar-refractivity contribution < 1.29 is 19.2 Å². The number of unbranched alkanes of at least 4 members (excludes halogenated alkanes) is 2. The molecule has 1 saturated carbocycles. The lowest BCUT2D eigenvalue weighted by Gasteiger charge is -2.30. The molecule has 1 unspecified atom stereocenters. The van der Waals surface area contributed by atoms with Gasteiger partial charge in [-0.15, -0.1) is 0 Å². The van der Waals surface area contributed by atoms with Crippen molar-refractivity contribution >= 4 is 23.6 Å². The summed E-state index contributed by atoms with van der Waals surface area (Å²) >= 11 is 0. The predicted octanol–water partition coefficient (Wildman–Crippen LogP) is 3.29. The predicted molar refractivity (Wildman–Crippen MR) is 127 cm³/mol. The van der Waals surface area contributed by atoms with E-state index in [4.69, 9.17) is 0 Å². The zero-order chi connectivity index (χ0) is 23.8. The molecule has 2 fully saturated rings. The van der Waals surface area contributed by atoms with Crippen molar-refractivity contribution in [3.05, 3.63) is 12.2 Å². The van der Waals surface area contributed by atoms with Crippen LogP contribution in [0.5, 0.6) is 0 Å². The van der Waals surface area contributed by atoms with Gasteiger partial charge in [-0.1, -0.05) is 26.7 Å². The van der Waals surface area contributed by atoms with Gasteiger partial charge in [0, 0.05) is 50.7 Å². The maximum atomic E-state index is 12.5. The first-order chi connectivity index (χ1) is 15.9. The summed E-state index contributed by atoms with van der Waals surface area (Å²) in [7, 11) is 0. The summed E-state index contributed by atoms with van der Waals surface area (Å²) in [6, 6.07) is 0. The van der Waals surface area contributed by atoms with E-state index in [0.29, 0.717) is 31.3 Å². The Morgan fingerprint density at radius 3 is 2.39 bits per heavy atom. The molecule has 3 aliphatic rings. The SMILES string of the molecule is CCC(C)[C@@H]1CCN(C(=O)CCCCCNC(=O)C2CCC(CN3C(=O)C=CC3=O)CC2)C1. The maximum absolute atomic E-state index is 12.5. The Morgan fingerprint density at radius 2 is 1.73 bits per heavy atom. The Bertz CT molecular complexity index is 724. The van der Waals surface area contributed by atoms with E-state index in [-0.39, 0.29) is 35.5 Å².